The monoisotopic (exact) mass is 262 g/mol. The van der Waals surface area contributed by atoms with E-state index in [0.29, 0.717) is 0 Å². The van der Waals surface area contributed by atoms with E-state index in [1.807, 2.05) is 36.9 Å². The van der Waals surface area contributed by atoms with Gasteiger partial charge in [-0.15, -0.1) is 0 Å². The summed E-state index contributed by atoms with van der Waals surface area (Å²) in [5.41, 5.74) is 1.29. The summed E-state index contributed by atoms with van der Waals surface area (Å²) >= 11 is 0. The van der Waals surface area contributed by atoms with Crippen LogP contribution in [0.4, 0.5) is 0 Å². The molecule has 3 heteroatoms. The predicted octanol–water partition coefficient (Wildman–Crippen LogP) is 2.32. The van der Waals surface area contributed by atoms with E-state index in [4.69, 9.17) is 0 Å². The maximum absolute atomic E-state index is 12.3. The lowest BCUT2D eigenvalue weighted by Gasteiger charge is -2.24. The highest BCUT2D eigenvalue weighted by molar-refractivity contribution is 5.78. The van der Waals surface area contributed by atoms with E-state index in [9.17, 15) is 4.79 Å². The van der Waals surface area contributed by atoms with Crippen molar-refractivity contribution in [3.63, 3.8) is 0 Å². The zero-order valence-electron chi connectivity index (χ0n) is 12.4. The standard InChI is InChI=1S/C16H26N2O/c1-4-17-13-14(3)16(19)18(5-2)12-11-15-9-7-6-8-10-15/h6-10,14,17H,4-5,11-13H2,1-3H3. The second kappa shape index (κ2) is 8.70. The second-order valence-electron chi connectivity index (χ2n) is 4.86. The molecule has 1 atom stereocenters. The van der Waals surface area contributed by atoms with Gasteiger partial charge in [-0.05, 0) is 25.5 Å². The number of likely N-dealkylation sites (N-methyl/N-ethyl adjacent to an activating group) is 1. The molecule has 0 spiro atoms. The molecule has 1 rings (SSSR count). The number of carbonyl (C=O) groups excluding carboxylic acids is 1. The molecule has 0 saturated carbocycles. The largest absolute Gasteiger partial charge is 0.342 e. The summed E-state index contributed by atoms with van der Waals surface area (Å²) in [6, 6.07) is 10.3. The minimum absolute atomic E-state index is 0.0515. The highest BCUT2D eigenvalue weighted by Gasteiger charge is 2.18. The Morgan fingerprint density at radius 1 is 1.26 bits per heavy atom. The number of rotatable bonds is 8. The Hall–Kier alpha value is -1.35. The van der Waals surface area contributed by atoms with Crippen molar-refractivity contribution in [2.45, 2.75) is 27.2 Å². The molecule has 106 valence electrons. The summed E-state index contributed by atoms with van der Waals surface area (Å²) in [4.78, 5) is 14.2. The van der Waals surface area contributed by atoms with Crippen LogP contribution in [0.25, 0.3) is 0 Å². The van der Waals surface area contributed by atoms with Crippen LogP contribution in [0.5, 0.6) is 0 Å². The minimum atomic E-state index is 0.0515. The van der Waals surface area contributed by atoms with E-state index in [1.165, 1.54) is 5.56 Å². The van der Waals surface area contributed by atoms with Crippen LogP contribution in [-0.4, -0.2) is 37.0 Å². The van der Waals surface area contributed by atoms with Crippen molar-refractivity contribution in [2.75, 3.05) is 26.2 Å². The Kier molecular flexibility index (Phi) is 7.19. The molecule has 1 unspecified atom stereocenters. The maximum atomic E-state index is 12.3. The third-order valence-electron chi connectivity index (χ3n) is 3.33. The summed E-state index contributed by atoms with van der Waals surface area (Å²) in [7, 11) is 0. The van der Waals surface area contributed by atoms with Crippen LogP contribution >= 0.6 is 0 Å². The van der Waals surface area contributed by atoms with Crippen molar-refractivity contribution in [3.05, 3.63) is 35.9 Å². The van der Waals surface area contributed by atoms with Gasteiger partial charge in [-0.1, -0.05) is 44.2 Å². The van der Waals surface area contributed by atoms with E-state index < -0.39 is 0 Å². The van der Waals surface area contributed by atoms with Crippen LogP contribution in [-0.2, 0) is 11.2 Å². The number of hydrogen-bond donors (Lipinski definition) is 1. The first kappa shape index (κ1) is 15.7. The van der Waals surface area contributed by atoms with Gasteiger partial charge >= 0.3 is 0 Å². The molecule has 19 heavy (non-hydrogen) atoms. The van der Waals surface area contributed by atoms with Gasteiger partial charge in [-0.2, -0.15) is 0 Å². The van der Waals surface area contributed by atoms with Crippen molar-refractivity contribution in [1.29, 1.82) is 0 Å². The zero-order valence-corrected chi connectivity index (χ0v) is 12.4. The van der Waals surface area contributed by atoms with Crippen molar-refractivity contribution < 1.29 is 4.79 Å². The molecule has 0 heterocycles. The van der Waals surface area contributed by atoms with Crippen LogP contribution in [0, 0.1) is 5.92 Å². The molecule has 0 aliphatic rings. The first-order valence-electron chi connectivity index (χ1n) is 7.22. The molecular formula is C16H26N2O. The Labute approximate surface area is 117 Å². The van der Waals surface area contributed by atoms with Gasteiger partial charge in [-0.3, -0.25) is 4.79 Å². The van der Waals surface area contributed by atoms with Gasteiger partial charge in [0.25, 0.3) is 0 Å². The molecule has 3 nitrogen and oxygen atoms in total. The smallest absolute Gasteiger partial charge is 0.226 e. The number of benzene rings is 1. The van der Waals surface area contributed by atoms with Crippen LogP contribution in [0.15, 0.2) is 30.3 Å². The molecule has 1 aromatic rings. The van der Waals surface area contributed by atoms with Crippen LogP contribution in [0.3, 0.4) is 0 Å². The molecule has 1 aromatic carbocycles. The number of amides is 1. The molecule has 1 amide bonds. The van der Waals surface area contributed by atoms with Crippen molar-refractivity contribution in [2.24, 2.45) is 5.92 Å². The number of hydrogen-bond acceptors (Lipinski definition) is 2. The Balaban J connectivity index is 2.46. The topological polar surface area (TPSA) is 32.3 Å². The Morgan fingerprint density at radius 3 is 2.53 bits per heavy atom. The summed E-state index contributed by atoms with van der Waals surface area (Å²) in [5.74, 6) is 0.301. The van der Waals surface area contributed by atoms with E-state index >= 15 is 0 Å². The molecule has 0 radical (unpaired) electrons. The molecule has 0 fully saturated rings. The zero-order chi connectivity index (χ0) is 14.1. The minimum Gasteiger partial charge on any atom is -0.342 e. The molecular weight excluding hydrogens is 236 g/mol. The third kappa shape index (κ3) is 5.43. The van der Waals surface area contributed by atoms with E-state index in [0.717, 1.165) is 32.6 Å². The lowest BCUT2D eigenvalue weighted by atomic mass is 10.1. The fraction of sp³-hybridized carbons (Fsp3) is 0.562. The molecule has 0 aliphatic carbocycles. The molecule has 0 aliphatic heterocycles. The van der Waals surface area contributed by atoms with Crippen molar-refractivity contribution >= 4 is 5.91 Å². The number of nitrogens with zero attached hydrogens (tertiary/aromatic N) is 1. The summed E-state index contributed by atoms with van der Waals surface area (Å²) in [6.45, 7) is 9.35. The number of nitrogens with one attached hydrogen (secondary N) is 1. The maximum Gasteiger partial charge on any atom is 0.226 e. The van der Waals surface area contributed by atoms with Gasteiger partial charge in [0, 0.05) is 25.6 Å². The first-order chi connectivity index (χ1) is 9.19. The van der Waals surface area contributed by atoms with Crippen molar-refractivity contribution in [1.82, 2.24) is 10.2 Å². The Bertz CT molecular complexity index is 364. The molecule has 1 N–H and O–H groups in total. The second-order valence-corrected chi connectivity index (χ2v) is 4.86. The lowest BCUT2D eigenvalue weighted by Crippen LogP contribution is -2.40. The highest BCUT2D eigenvalue weighted by Crippen LogP contribution is 2.05. The Morgan fingerprint density at radius 2 is 1.95 bits per heavy atom. The highest BCUT2D eigenvalue weighted by atomic mass is 16.2. The van der Waals surface area contributed by atoms with Gasteiger partial charge in [-0.25, -0.2) is 0 Å². The lowest BCUT2D eigenvalue weighted by molar-refractivity contribution is -0.134. The van der Waals surface area contributed by atoms with Crippen LogP contribution < -0.4 is 5.32 Å². The van der Waals surface area contributed by atoms with Crippen molar-refractivity contribution in [3.8, 4) is 0 Å². The molecule has 0 saturated heterocycles. The van der Waals surface area contributed by atoms with Gasteiger partial charge in [0.2, 0.25) is 5.91 Å². The van der Waals surface area contributed by atoms with E-state index in [1.54, 1.807) is 0 Å². The summed E-state index contributed by atoms with van der Waals surface area (Å²) in [5, 5.41) is 3.23. The van der Waals surface area contributed by atoms with Gasteiger partial charge in [0.05, 0.1) is 0 Å². The average Bonchev–Trinajstić information content (AvgIpc) is 2.46. The summed E-state index contributed by atoms with van der Waals surface area (Å²) in [6.07, 6.45) is 0.925. The molecule has 0 bridgehead atoms. The fourth-order valence-corrected chi connectivity index (χ4v) is 2.09. The normalized spacial score (nSPS) is 12.2. The fourth-order valence-electron chi connectivity index (χ4n) is 2.09. The third-order valence-corrected chi connectivity index (χ3v) is 3.33. The first-order valence-corrected chi connectivity index (χ1v) is 7.22. The van der Waals surface area contributed by atoms with Crippen LogP contribution in [0.1, 0.15) is 26.3 Å². The number of carbonyl (C=O) groups is 1. The van der Waals surface area contributed by atoms with E-state index in [2.05, 4.69) is 24.4 Å². The average molecular weight is 262 g/mol. The molecule has 0 aromatic heterocycles. The van der Waals surface area contributed by atoms with Crippen LogP contribution in [0.2, 0.25) is 0 Å². The quantitative estimate of drug-likeness (QED) is 0.780. The summed E-state index contributed by atoms with van der Waals surface area (Å²) < 4.78 is 0. The predicted molar refractivity (Wildman–Crippen MR) is 80.1 cm³/mol. The van der Waals surface area contributed by atoms with Gasteiger partial charge < -0.3 is 10.2 Å². The van der Waals surface area contributed by atoms with Gasteiger partial charge in [0.1, 0.15) is 0 Å². The SMILES string of the molecule is CCNCC(C)C(=O)N(CC)CCc1ccccc1. The van der Waals surface area contributed by atoms with Gasteiger partial charge in [0.15, 0.2) is 0 Å². The van der Waals surface area contributed by atoms with E-state index in [-0.39, 0.29) is 11.8 Å².